The molecule has 1 N–H and O–H groups in total. The first-order valence-corrected chi connectivity index (χ1v) is 12.0. The zero-order chi connectivity index (χ0) is 28.3. The van der Waals surface area contributed by atoms with Gasteiger partial charge in [-0.05, 0) is 48.0 Å². The van der Waals surface area contributed by atoms with Crippen molar-refractivity contribution in [2.45, 2.75) is 12.8 Å². The molecule has 40 heavy (non-hydrogen) atoms. The lowest BCUT2D eigenvalue weighted by Gasteiger charge is -2.14. The van der Waals surface area contributed by atoms with E-state index >= 15 is 0 Å². The van der Waals surface area contributed by atoms with Crippen LogP contribution in [0.25, 0.3) is 17.1 Å². The van der Waals surface area contributed by atoms with Gasteiger partial charge in [-0.25, -0.2) is 19.4 Å². The molecule has 0 aliphatic rings. The maximum atomic E-state index is 13.7. The van der Waals surface area contributed by atoms with Crippen molar-refractivity contribution in [2.75, 3.05) is 0 Å². The van der Waals surface area contributed by atoms with Crippen LogP contribution in [0.3, 0.4) is 0 Å². The highest BCUT2D eigenvalue weighted by Gasteiger charge is 2.41. The lowest BCUT2D eigenvalue weighted by atomic mass is 10.1. The van der Waals surface area contributed by atoms with E-state index in [2.05, 4.69) is 15.1 Å². The summed E-state index contributed by atoms with van der Waals surface area (Å²) in [5.41, 5.74) is -0.719. The molecule has 12 heteroatoms. The van der Waals surface area contributed by atoms with Gasteiger partial charge in [0.05, 0.1) is 16.9 Å². The Bertz CT molecular complexity index is 1660. The Balaban J connectivity index is 1.36. The zero-order valence-electron chi connectivity index (χ0n) is 20.3. The van der Waals surface area contributed by atoms with Crippen LogP contribution in [0.2, 0.25) is 5.02 Å². The summed E-state index contributed by atoms with van der Waals surface area (Å²) >= 11 is 5.84. The van der Waals surface area contributed by atoms with Crippen molar-refractivity contribution >= 4 is 17.6 Å². The minimum Gasteiger partial charge on any atom is -0.488 e. The first-order chi connectivity index (χ1) is 19.2. The minimum absolute atomic E-state index is 0.190. The van der Waals surface area contributed by atoms with Crippen molar-refractivity contribution in [1.29, 1.82) is 0 Å². The quantitative estimate of drug-likeness (QED) is 0.214. The van der Waals surface area contributed by atoms with Gasteiger partial charge in [0.15, 0.2) is 11.5 Å². The van der Waals surface area contributed by atoms with Crippen LogP contribution in [0.4, 0.5) is 13.2 Å². The maximum absolute atomic E-state index is 13.7. The van der Waals surface area contributed by atoms with Gasteiger partial charge in [-0.3, -0.25) is 0 Å². The number of pyridine rings is 2. The summed E-state index contributed by atoms with van der Waals surface area (Å²) in [6.07, 6.45) is -2.83. The lowest BCUT2D eigenvalue weighted by Crippen LogP contribution is -2.18. The number of carbonyl (C=O) groups is 1. The fourth-order valence-electron chi connectivity index (χ4n) is 3.80. The van der Waals surface area contributed by atoms with Crippen molar-refractivity contribution < 1.29 is 32.5 Å². The number of benzene rings is 2. The topological polar surface area (TPSA) is 99.4 Å². The van der Waals surface area contributed by atoms with Gasteiger partial charge < -0.3 is 14.6 Å². The van der Waals surface area contributed by atoms with Crippen LogP contribution < -0.4 is 9.47 Å². The Kier molecular flexibility index (Phi) is 7.39. The number of alkyl halides is 3. The third-order valence-corrected chi connectivity index (χ3v) is 5.85. The van der Waals surface area contributed by atoms with Gasteiger partial charge in [0.25, 0.3) is 0 Å². The molecule has 0 saturated heterocycles. The van der Waals surface area contributed by atoms with E-state index in [0.717, 1.165) is 5.56 Å². The van der Waals surface area contributed by atoms with E-state index in [1.807, 2.05) is 12.1 Å². The van der Waals surface area contributed by atoms with Crippen molar-refractivity contribution in [3.05, 3.63) is 113 Å². The normalized spacial score (nSPS) is 11.3. The summed E-state index contributed by atoms with van der Waals surface area (Å²) in [7, 11) is 0. The first kappa shape index (κ1) is 26.7. The number of hydrogen-bond donors (Lipinski definition) is 1. The Labute approximate surface area is 230 Å². The number of aromatic carboxylic acids is 1. The monoisotopic (exact) mass is 566 g/mol. The molecule has 0 amide bonds. The Morgan fingerprint density at radius 3 is 2.42 bits per heavy atom. The SMILES string of the molecule is O=C(O)c1cnn(-c2cccc(-c3ccccc3OCc3ccc(Oc4ccc(Cl)cn4)cc3)n2)c1C(F)(F)F. The van der Waals surface area contributed by atoms with Crippen molar-refractivity contribution in [2.24, 2.45) is 0 Å². The summed E-state index contributed by atoms with van der Waals surface area (Å²) < 4.78 is 53.3. The highest BCUT2D eigenvalue weighted by molar-refractivity contribution is 6.30. The second-order valence-electron chi connectivity index (χ2n) is 8.35. The average Bonchev–Trinajstić information content (AvgIpc) is 3.41. The molecule has 0 spiro atoms. The van der Waals surface area contributed by atoms with Crippen LogP contribution in [0, 0.1) is 0 Å². The number of hydrogen-bond acceptors (Lipinski definition) is 6. The van der Waals surface area contributed by atoms with Gasteiger partial charge in [-0.15, -0.1) is 0 Å². The highest BCUT2D eigenvalue weighted by Crippen LogP contribution is 2.35. The molecule has 0 aliphatic heterocycles. The van der Waals surface area contributed by atoms with E-state index in [0.29, 0.717) is 44.5 Å². The smallest absolute Gasteiger partial charge is 0.434 e. The fraction of sp³-hybridized carbons (Fsp3) is 0.0714. The van der Waals surface area contributed by atoms with Gasteiger partial charge >= 0.3 is 12.1 Å². The number of nitrogens with zero attached hydrogens (tertiary/aromatic N) is 4. The van der Waals surface area contributed by atoms with E-state index in [-0.39, 0.29) is 12.4 Å². The number of halogens is 4. The van der Waals surface area contributed by atoms with Gasteiger partial charge in [0.2, 0.25) is 5.88 Å². The number of aromatic nitrogens is 4. The standard InChI is InChI=1S/C28H18ClF3N4O4/c29-18-10-13-25(33-14-18)40-19-11-8-17(9-12-19)16-39-23-6-2-1-4-20(23)22-5-3-7-24(35-22)36-26(28(30,31)32)21(15-34-36)27(37)38/h1-15H,16H2,(H,37,38). The molecule has 202 valence electrons. The second-order valence-corrected chi connectivity index (χ2v) is 8.78. The number of carboxylic acid groups (broad SMARTS) is 1. The highest BCUT2D eigenvalue weighted by atomic mass is 35.5. The molecular formula is C28H18ClF3N4O4. The van der Waals surface area contributed by atoms with Crippen molar-refractivity contribution in [1.82, 2.24) is 19.7 Å². The molecule has 3 aromatic heterocycles. The molecule has 2 aromatic carbocycles. The molecule has 3 heterocycles. The molecular weight excluding hydrogens is 549 g/mol. The summed E-state index contributed by atoms with van der Waals surface area (Å²) in [6.45, 7) is 0.190. The van der Waals surface area contributed by atoms with Gasteiger partial charge in [0.1, 0.15) is 23.7 Å². The molecule has 0 unspecified atom stereocenters. The molecule has 8 nitrogen and oxygen atoms in total. The molecule has 0 saturated carbocycles. The molecule has 0 atom stereocenters. The summed E-state index contributed by atoms with van der Waals surface area (Å²) in [4.78, 5) is 19.8. The van der Waals surface area contributed by atoms with Crippen LogP contribution in [-0.4, -0.2) is 30.8 Å². The minimum atomic E-state index is -4.96. The number of carboxylic acids is 1. The zero-order valence-corrected chi connectivity index (χ0v) is 21.1. The Hall–Kier alpha value is -4.90. The van der Waals surface area contributed by atoms with Crippen molar-refractivity contribution in [3.63, 3.8) is 0 Å². The molecule has 5 rings (SSSR count). The average molecular weight is 567 g/mol. The van der Waals surface area contributed by atoms with E-state index in [1.165, 1.54) is 18.3 Å². The molecule has 0 radical (unpaired) electrons. The van der Waals surface area contributed by atoms with E-state index in [1.54, 1.807) is 54.6 Å². The predicted molar refractivity (Wildman–Crippen MR) is 139 cm³/mol. The maximum Gasteiger partial charge on any atom is 0.434 e. The Morgan fingerprint density at radius 1 is 0.950 bits per heavy atom. The van der Waals surface area contributed by atoms with Gasteiger partial charge in [-0.1, -0.05) is 41.9 Å². The second kappa shape index (κ2) is 11.1. The van der Waals surface area contributed by atoms with E-state index in [4.69, 9.17) is 21.1 Å². The van der Waals surface area contributed by atoms with E-state index < -0.39 is 23.4 Å². The lowest BCUT2D eigenvalue weighted by molar-refractivity contribution is -0.143. The van der Waals surface area contributed by atoms with Crippen LogP contribution in [0.15, 0.2) is 91.3 Å². The number of rotatable bonds is 8. The van der Waals surface area contributed by atoms with Crippen LogP contribution in [0.5, 0.6) is 17.4 Å². The molecule has 5 aromatic rings. The van der Waals surface area contributed by atoms with Gasteiger partial charge in [-0.2, -0.15) is 18.3 Å². The predicted octanol–water partition coefficient (Wildman–Crippen LogP) is 7.07. The Morgan fingerprint density at radius 2 is 1.73 bits per heavy atom. The van der Waals surface area contributed by atoms with Gasteiger partial charge in [0, 0.05) is 17.8 Å². The third kappa shape index (κ3) is 5.89. The summed E-state index contributed by atoms with van der Waals surface area (Å²) in [5, 5.41) is 13.3. The van der Waals surface area contributed by atoms with Crippen LogP contribution in [-0.2, 0) is 12.8 Å². The summed E-state index contributed by atoms with van der Waals surface area (Å²) in [6, 6.07) is 21.8. The van der Waals surface area contributed by atoms with Crippen LogP contribution >= 0.6 is 11.6 Å². The first-order valence-electron chi connectivity index (χ1n) is 11.7. The number of para-hydroxylation sites is 1. The van der Waals surface area contributed by atoms with Crippen molar-refractivity contribution in [3.8, 4) is 34.5 Å². The fourth-order valence-corrected chi connectivity index (χ4v) is 3.92. The number of ether oxygens (including phenoxy) is 2. The van der Waals surface area contributed by atoms with E-state index in [9.17, 15) is 23.1 Å². The molecule has 0 bridgehead atoms. The largest absolute Gasteiger partial charge is 0.488 e. The third-order valence-electron chi connectivity index (χ3n) is 5.62. The summed E-state index contributed by atoms with van der Waals surface area (Å²) in [5.74, 6) is -0.523. The van der Waals surface area contributed by atoms with Crippen LogP contribution in [0.1, 0.15) is 21.6 Å². The molecule has 0 fully saturated rings. The molecule has 0 aliphatic carbocycles.